The molecular formula is C12H25NO3. The molecule has 0 aliphatic carbocycles. The fraction of sp³-hybridized carbons (Fsp3) is 0.750. The second-order valence-corrected chi connectivity index (χ2v) is 4.00. The summed E-state index contributed by atoms with van der Waals surface area (Å²) in [5.74, 6) is -0.935. The van der Waals surface area contributed by atoms with E-state index in [1.54, 1.807) is 0 Å². The number of unbranched alkanes of at least 4 members (excludes halogenated alkanes) is 2. The Balaban J connectivity index is 0. The van der Waals surface area contributed by atoms with E-state index in [-0.39, 0.29) is 5.57 Å². The minimum atomic E-state index is -0.935. The van der Waals surface area contributed by atoms with E-state index >= 15 is 0 Å². The standard InChI is InChI=1S/C8H19NO.C4H6O2/c1-3-5-6-7-8(9,10)4-2;1-3(2)4(5)6/h10H,3-7,9H2,1-2H3;1H2,2H3,(H,5,6). The van der Waals surface area contributed by atoms with E-state index in [0.29, 0.717) is 6.42 Å². The lowest BCUT2D eigenvalue weighted by Crippen LogP contribution is -2.38. The van der Waals surface area contributed by atoms with Crippen LogP contribution in [0.1, 0.15) is 52.9 Å². The topological polar surface area (TPSA) is 83.5 Å². The van der Waals surface area contributed by atoms with E-state index in [0.717, 1.165) is 12.8 Å². The van der Waals surface area contributed by atoms with Gasteiger partial charge in [0.05, 0.1) is 0 Å². The molecule has 0 heterocycles. The maximum Gasteiger partial charge on any atom is 0.330 e. The largest absolute Gasteiger partial charge is 0.478 e. The van der Waals surface area contributed by atoms with E-state index in [1.165, 1.54) is 19.8 Å². The van der Waals surface area contributed by atoms with Crippen LogP contribution in [-0.2, 0) is 4.79 Å². The fourth-order valence-corrected chi connectivity index (χ4v) is 0.858. The van der Waals surface area contributed by atoms with Gasteiger partial charge in [-0.3, -0.25) is 0 Å². The number of rotatable bonds is 6. The van der Waals surface area contributed by atoms with Gasteiger partial charge in [0, 0.05) is 5.57 Å². The monoisotopic (exact) mass is 231 g/mol. The molecule has 0 saturated heterocycles. The number of carboxylic acids is 1. The molecule has 0 rings (SSSR count). The normalized spacial score (nSPS) is 13.3. The van der Waals surface area contributed by atoms with Crippen molar-refractivity contribution in [2.75, 3.05) is 0 Å². The Morgan fingerprint density at radius 1 is 1.38 bits per heavy atom. The Morgan fingerprint density at radius 2 is 1.81 bits per heavy atom. The zero-order valence-corrected chi connectivity index (χ0v) is 10.6. The van der Waals surface area contributed by atoms with E-state index in [2.05, 4.69) is 13.5 Å². The molecule has 0 aromatic heterocycles. The number of hydrogen-bond acceptors (Lipinski definition) is 3. The molecule has 1 atom stereocenters. The number of hydrogen-bond donors (Lipinski definition) is 3. The molecule has 0 fully saturated rings. The summed E-state index contributed by atoms with van der Waals surface area (Å²) in [6.45, 7) is 8.65. The Bertz CT molecular complexity index is 200. The molecule has 0 aliphatic heterocycles. The molecule has 96 valence electrons. The Morgan fingerprint density at radius 3 is 2.06 bits per heavy atom. The molecule has 4 heteroatoms. The third-order valence-corrected chi connectivity index (χ3v) is 2.19. The van der Waals surface area contributed by atoms with Crippen LogP contribution in [0.3, 0.4) is 0 Å². The lowest BCUT2D eigenvalue weighted by atomic mass is 10.0. The van der Waals surface area contributed by atoms with Crippen LogP contribution in [0, 0.1) is 0 Å². The van der Waals surface area contributed by atoms with Crippen LogP contribution in [0.4, 0.5) is 0 Å². The molecule has 0 bridgehead atoms. The zero-order chi connectivity index (χ0) is 13.2. The third kappa shape index (κ3) is 13.1. The van der Waals surface area contributed by atoms with Crippen molar-refractivity contribution >= 4 is 5.97 Å². The van der Waals surface area contributed by atoms with Gasteiger partial charge in [0.1, 0.15) is 5.72 Å². The van der Waals surface area contributed by atoms with E-state index < -0.39 is 11.7 Å². The van der Waals surface area contributed by atoms with Gasteiger partial charge in [-0.2, -0.15) is 0 Å². The van der Waals surface area contributed by atoms with Gasteiger partial charge in [0.2, 0.25) is 0 Å². The summed E-state index contributed by atoms with van der Waals surface area (Å²) < 4.78 is 0. The summed E-state index contributed by atoms with van der Waals surface area (Å²) >= 11 is 0. The molecular weight excluding hydrogens is 206 g/mol. The quantitative estimate of drug-likeness (QED) is 0.372. The molecule has 4 nitrogen and oxygen atoms in total. The highest BCUT2D eigenvalue weighted by atomic mass is 16.4. The van der Waals surface area contributed by atoms with Gasteiger partial charge in [0.25, 0.3) is 0 Å². The summed E-state index contributed by atoms with van der Waals surface area (Å²) in [7, 11) is 0. The first-order chi connectivity index (χ1) is 7.26. The summed E-state index contributed by atoms with van der Waals surface area (Å²) in [6.07, 6.45) is 4.77. The maximum absolute atomic E-state index is 9.60. The Hall–Kier alpha value is -0.870. The summed E-state index contributed by atoms with van der Waals surface area (Å²) in [4.78, 5) is 9.60. The molecule has 0 aromatic rings. The molecule has 0 saturated carbocycles. The van der Waals surface area contributed by atoms with Gasteiger partial charge in [-0.25, -0.2) is 4.79 Å². The van der Waals surface area contributed by atoms with Crippen LogP contribution in [0.25, 0.3) is 0 Å². The lowest BCUT2D eigenvalue weighted by Gasteiger charge is -2.20. The smallest absolute Gasteiger partial charge is 0.330 e. The Labute approximate surface area is 98.2 Å². The average Bonchev–Trinajstić information content (AvgIpc) is 2.19. The molecule has 16 heavy (non-hydrogen) atoms. The summed E-state index contributed by atoms with van der Waals surface area (Å²) in [5, 5.41) is 17.2. The zero-order valence-electron chi connectivity index (χ0n) is 10.6. The molecule has 0 spiro atoms. The van der Waals surface area contributed by atoms with Gasteiger partial charge in [-0.1, -0.05) is 33.3 Å². The molecule has 4 N–H and O–H groups in total. The second kappa shape index (κ2) is 9.36. The van der Waals surface area contributed by atoms with Gasteiger partial charge in [0.15, 0.2) is 0 Å². The SMILES string of the molecule is C=C(C)C(=O)O.CCCCCC(N)(O)CC. The van der Waals surface area contributed by atoms with Crippen molar-refractivity contribution in [1.29, 1.82) is 0 Å². The highest BCUT2D eigenvalue weighted by Gasteiger charge is 2.16. The van der Waals surface area contributed by atoms with Crippen molar-refractivity contribution in [2.24, 2.45) is 5.73 Å². The molecule has 0 amide bonds. The van der Waals surface area contributed by atoms with Crippen molar-refractivity contribution < 1.29 is 15.0 Å². The number of nitrogens with two attached hydrogens (primary N) is 1. The number of aliphatic carboxylic acids is 1. The maximum atomic E-state index is 9.60. The number of carboxylic acid groups (broad SMARTS) is 1. The summed E-state index contributed by atoms with van der Waals surface area (Å²) in [6, 6.07) is 0. The van der Waals surface area contributed by atoms with Gasteiger partial charge < -0.3 is 15.9 Å². The highest BCUT2D eigenvalue weighted by molar-refractivity contribution is 5.84. The minimum Gasteiger partial charge on any atom is -0.478 e. The van der Waals surface area contributed by atoms with Crippen LogP contribution in [-0.4, -0.2) is 21.9 Å². The van der Waals surface area contributed by atoms with Crippen LogP contribution in [0.15, 0.2) is 12.2 Å². The first kappa shape index (κ1) is 17.5. The number of carbonyl (C=O) groups is 1. The first-order valence-electron chi connectivity index (χ1n) is 5.66. The average molecular weight is 231 g/mol. The van der Waals surface area contributed by atoms with Crippen LogP contribution in [0.2, 0.25) is 0 Å². The van der Waals surface area contributed by atoms with E-state index in [9.17, 15) is 9.90 Å². The van der Waals surface area contributed by atoms with Gasteiger partial charge in [-0.05, 0) is 26.2 Å². The second-order valence-electron chi connectivity index (χ2n) is 4.00. The molecule has 0 radical (unpaired) electrons. The highest BCUT2D eigenvalue weighted by Crippen LogP contribution is 2.12. The summed E-state index contributed by atoms with van der Waals surface area (Å²) in [5.41, 5.74) is 4.78. The van der Waals surface area contributed by atoms with E-state index in [4.69, 9.17) is 10.8 Å². The first-order valence-corrected chi connectivity index (χ1v) is 5.66. The van der Waals surface area contributed by atoms with Crippen molar-refractivity contribution in [1.82, 2.24) is 0 Å². The van der Waals surface area contributed by atoms with Gasteiger partial charge >= 0.3 is 5.97 Å². The number of aliphatic hydroxyl groups is 1. The third-order valence-electron chi connectivity index (χ3n) is 2.19. The molecule has 0 aliphatic rings. The van der Waals surface area contributed by atoms with Crippen molar-refractivity contribution in [2.45, 2.75) is 58.6 Å². The predicted octanol–water partition coefficient (Wildman–Crippen LogP) is 2.27. The molecule has 0 aromatic carbocycles. The fourth-order valence-electron chi connectivity index (χ4n) is 0.858. The van der Waals surface area contributed by atoms with Crippen molar-refractivity contribution in [3.63, 3.8) is 0 Å². The van der Waals surface area contributed by atoms with Crippen molar-refractivity contribution in [3.8, 4) is 0 Å². The lowest BCUT2D eigenvalue weighted by molar-refractivity contribution is -0.132. The Kier molecular flexibility index (Phi) is 10.3. The van der Waals surface area contributed by atoms with E-state index in [1.807, 2.05) is 6.92 Å². The van der Waals surface area contributed by atoms with Crippen LogP contribution < -0.4 is 5.73 Å². The van der Waals surface area contributed by atoms with Crippen LogP contribution >= 0.6 is 0 Å². The molecule has 1 unspecified atom stereocenters. The predicted molar refractivity (Wildman–Crippen MR) is 66.0 cm³/mol. The van der Waals surface area contributed by atoms with Crippen molar-refractivity contribution in [3.05, 3.63) is 12.2 Å². The minimum absolute atomic E-state index is 0.176. The van der Waals surface area contributed by atoms with Gasteiger partial charge in [-0.15, -0.1) is 0 Å². The van der Waals surface area contributed by atoms with Crippen LogP contribution in [0.5, 0.6) is 0 Å².